The molecule has 2 rings (SSSR count). The number of rotatable bonds is 3. The largest absolute Gasteiger partial charge is 0.484 e. The van der Waals surface area contributed by atoms with Crippen molar-refractivity contribution in [1.29, 1.82) is 0 Å². The first-order valence-electron chi connectivity index (χ1n) is 5.53. The monoisotopic (exact) mass is 309 g/mol. The van der Waals surface area contributed by atoms with Crippen LogP contribution in [0.3, 0.4) is 0 Å². The summed E-state index contributed by atoms with van der Waals surface area (Å²) < 4.78 is 19.5. The van der Waals surface area contributed by atoms with Crippen LogP contribution in [0.5, 0.6) is 5.75 Å². The minimum Gasteiger partial charge on any atom is -0.484 e. The van der Waals surface area contributed by atoms with Crippen LogP contribution in [0, 0.1) is 5.82 Å². The molecule has 0 spiro atoms. The number of halogens is 2. The van der Waals surface area contributed by atoms with E-state index < -0.39 is 0 Å². The van der Waals surface area contributed by atoms with Crippen LogP contribution in [0.25, 0.3) is 0 Å². The van der Waals surface area contributed by atoms with Crippen molar-refractivity contribution in [2.24, 2.45) is 0 Å². The Balaban J connectivity index is 2.18. The number of hydrogen-bond acceptors (Lipinski definition) is 2. The Bertz CT molecular complexity index is 542. The second kappa shape index (κ2) is 5.40. The predicted molar refractivity (Wildman–Crippen MR) is 74.0 cm³/mol. The van der Waals surface area contributed by atoms with E-state index in [0.717, 1.165) is 10.0 Å². The van der Waals surface area contributed by atoms with E-state index in [9.17, 15) is 4.39 Å². The van der Waals surface area contributed by atoms with Gasteiger partial charge in [0.15, 0.2) is 0 Å². The molecule has 0 saturated carbocycles. The average Bonchev–Trinajstić information content (AvgIpc) is 2.34. The van der Waals surface area contributed by atoms with Gasteiger partial charge in [-0.15, -0.1) is 0 Å². The summed E-state index contributed by atoms with van der Waals surface area (Å²) in [6.07, 6.45) is -0.192. The number of nitrogen functional groups attached to an aromatic ring is 1. The zero-order chi connectivity index (χ0) is 13.1. The molecule has 2 nitrogen and oxygen atoms in total. The fourth-order valence-corrected chi connectivity index (χ4v) is 1.94. The summed E-state index contributed by atoms with van der Waals surface area (Å²) in [5.74, 6) is 0.356. The lowest BCUT2D eigenvalue weighted by Crippen LogP contribution is -2.05. The summed E-state index contributed by atoms with van der Waals surface area (Å²) in [5.41, 5.74) is 7.31. The van der Waals surface area contributed by atoms with Crippen molar-refractivity contribution in [1.82, 2.24) is 0 Å². The van der Waals surface area contributed by atoms with Gasteiger partial charge in [0.1, 0.15) is 17.7 Å². The second-order valence-electron chi connectivity index (χ2n) is 3.99. The van der Waals surface area contributed by atoms with Crippen molar-refractivity contribution in [3.8, 4) is 5.75 Å². The van der Waals surface area contributed by atoms with Gasteiger partial charge in [0, 0.05) is 4.47 Å². The van der Waals surface area contributed by atoms with Crippen molar-refractivity contribution in [3.63, 3.8) is 0 Å². The van der Waals surface area contributed by atoms with Gasteiger partial charge < -0.3 is 10.5 Å². The molecule has 0 saturated heterocycles. The van der Waals surface area contributed by atoms with Crippen LogP contribution in [0.15, 0.2) is 46.9 Å². The van der Waals surface area contributed by atoms with Crippen molar-refractivity contribution in [2.45, 2.75) is 13.0 Å². The van der Waals surface area contributed by atoms with Gasteiger partial charge in [-0.05, 0) is 42.8 Å². The van der Waals surface area contributed by atoms with E-state index >= 15 is 0 Å². The van der Waals surface area contributed by atoms with Crippen molar-refractivity contribution in [2.75, 3.05) is 5.73 Å². The fraction of sp³-hybridized carbons (Fsp3) is 0.143. The maximum Gasteiger partial charge on any atom is 0.144 e. The molecule has 0 unspecified atom stereocenters. The molecule has 0 heterocycles. The predicted octanol–water partition coefficient (Wildman–Crippen LogP) is 4.31. The van der Waals surface area contributed by atoms with Gasteiger partial charge >= 0.3 is 0 Å². The average molecular weight is 310 g/mol. The number of benzene rings is 2. The van der Waals surface area contributed by atoms with E-state index in [-0.39, 0.29) is 11.9 Å². The van der Waals surface area contributed by atoms with Crippen molar-refractivity contribution in [3.05, 3.63) is 58.3 Å². The minimum absolute atomic E-state index is 0.192. The number of ether oxygens (including phenoxy) is 1. The molecule has 2 aromatic rings. The van der Waals surface area contributed by atoms with Gasteiger partial charge in [0.25, 0.3) is 0 Å². The standard InChI is InChI=1S/C14H13BrFNO/c1-9(10-2-5-12(16)6-3-10)18-14-8-11(15)4-7-13(14)17/h2-9H,17H2,1H3/t9-/m0/s1. The first-order valence-corrected chi connectivity index (χ1v) is 6.32. The summed E-state index contributed by atoms with van der Waals surface area (Å²) in [6, 6.07) is 11.7. The molecule has 0 radical (unpaired) electrons. The summed E-state index contributed by atoms with van der Waals surface area (Å²) in [4.78, 5) is 0. The normalized spacial score (nSPS) is 12.2. The molecule has 0 aliphatic rings. The number of anilines is 1. The summed E-state index contributed by atoms with van der Waals surface area (Å²) in [6.45, 7) is 1.90. The summed E-state index contributed by atoms with van der Waals surface area (Å²) >= 11 is 3.37. The van der Waals surface area contributed by atoms with Crippen LogP contribution < -0.4 is 10.5 Å². The highest BCUT2D eigenvalue weighted by Gasteiger charge is 2.09. The molecular weight excluding hydrogens is 297 g/mol. The smallest absolute Gasteiger partial charge is 0.144 e. The van der Waals surface area contributed by atoms with Gasteiger partial charge in [0.2, 0.25) is 0 Å². The van der Waals surface area contributed by atoms with E-state index in [1.165, 1.54) is 12.1 Å². The third-order valence-corrected chi connectivity index (χ3v) is 3.11. The quantitative estimate of drug-likeness (QED) is 0.857. The SMILES string of the molecule is C[C@H](Oc1cc(Br)ccc1N)c1ccc(F)cc1. The molecule has 1 atom stereocenters. The van der Waals surface area contributed by atoms with Gasteiger partial charge in [-0.1, -0.05) is 28.1 Å². The highest BCUT2D eigenvalue weighted by Crippen LogP contribution is 2.30. The van der Waals surface area contributed by atoms with Gasteiger partial charge in [-0.25, -0.2) is 4.39 Å². The Labute approximate surface area is 114 Å². The lowest BCUT2D eigenvalue weighted by atomic mass is 10.1. The molecule has 0 aliphatic carbocycles. The molecule has 0 bridgehead atoms. The van der Waals surface area contributed by atoms with Crippen LogP contribution in [0.4, 0.5) is 10.1 Å². The van der Waals surface area contributed by atoms with E-state index in [1.54, 1.807) is 18.2 Å². The van der Waals surface area contributed by atoms with Crippen LogP contribution in [-0.4, -0.2) is 0 Å². The molecule has 0 amide bonds. The number of nitrogens with two attached hydrogens (primary N) is 1. The molecule has 4 heteroatoms. The van der Waals surface area contributed by atoms with Crippen molar-refractivity contribution < 1.29 is 9.13 Å². The van der Waals surface area contributed by atoms with E-state index in [0.29, 0.717) is 11.4 Å². The lowest BCUT2D eigenvalue weighted by Gasteiger charge is -2.16. The Hall–Kier alpha value is -1.55. The third kappa shape index (κ3) is 3.01. The maximum atomic E-state index is 12.8. The maximum absolute atomic E-state index is 12.8. The molecule has 94 valence electrons. The van der Waals surface area contributed by atoms with E-state index in [2.05, 4.69) is 15.9 Å². The fourth-order valence-electron chi connectivity index (χ4n) is 1.60. The van der Waals surface area contributed by atoms with E-state index in [1.807, 2.05) is 19.1 Å². The molecule has 0 aliphatic heterocycles. The molecule has 2 aromatic carbocycles. The van der Waals surface area contributed by atoms with E-state index in [4.69, 9.17) is 10.5 Å². The molecule has 2 N–H and O–H groups in total. The van der Waals surface area contributed by atoms with Crippen LogP contribution in [0.2, 0.25) is 0 Å². The number of hydrogen-bond donors (Lipinski definition) is 1. The van der Waals surface area contributed by atoms with Crippen LogP contribution in [-0.2, 0) is 0 Å². The Morgan fingerprint density at radius 1 is 1.17 bits per heavy atom. The summed E-state index contributed by atoms with van der Waals surface area (Å²) in [5, 5.41) is 0. The Morgan fingerprint density at radius 2 is 1.83 bits per heavy atom. The first kappa shape index (κ1) is 12.9. The molecule has 0 aromatic heterocycles. The highest BCUT2D eigenvalue weighted by atomic mass is 79.9. The van der Waals surface area contributed by atoms with Gasteiger partial charge in [-0.3, -0.25) is 0 Å². The van der Waals surface area contributed by atoms with Crippen LogP contribution >= 0.6 is 15.9 Å². The topological polar surface area (TPSA) is 35.2 Å². The Morgan fingerprint density at radius 3 is 2.50 bits per heavy atom. The lowest BCUT2D eigenvalue weighted by molar-refractivity contribution is 0.228. The highest BCUT2D eigenvalue weighted by molar-refractivity contribution is 9.10. The zero-order valence-corrected chi connectivity index (χ0v) is 11.4. The molecule has 0 fully saturated rings. The zero-order valence-electron chi connectivity index (χ0n) is 9.86. The van der Waals surface area contributed by atoms with Crippen LogP contribution in [0.1, 0.15) is 18.6 Å². The minimum atomic E-state index is -0.257. The van der Waals surface area contributed by atoms with Gasteiger partial charge in [-0.2, -0.15) is 0 Å². The van der Waals surface area contributed by atoms with Crippen molar-refractivity contribution >= 4 is 21.6 Å². The third-order valence-electron chi connectivity index (χ3n) is 2.62. The first-order chi connectivity index (χ1) is 8.56. The molecular formula is C14H13BrFNO. The molecule has 18 heavy (non-hydrogen) atoms. The Kier molecular flexibility index (Phi) is 3.87. The van der Waals surface area contributed by atoms with Gasteiger partial charge in [0.05, 0.1) is 5.69 Å². The second-order valence-corrected chi connectivity index (χ2v) is 4.91. The summed E-state index contributed by atoms with van der Waals surface area (Å²) in [7, 11) is 0.